The Bertz CT molecular complexity index is 401. The van der Waals surface area contributed by atoms with Gasteiger partial charge in [-0.15, -0.1) is 0 Å². The number of nitrogens with zero attached hydrogens (tertiary/aromatic N) is 2. The van der Waals surface area contributed by atoms with Gasteiger partial charge in [-0.1, -0.05) is 27.7 Å². The first-order valence-electron chi connectivity index (χ1n) is 6.62. The van der Waals surface area contributed by atoms with Crippen LogP contribution in [-0.4, -0.2) is 22.1 Å². The Morgan fingerprint density at radius 1 is 1.28 bits per heavy atom. The number of anilines is 1. The maximum Gasteiger partial charge on any atom is 0.133 e. The summed E-state index contributed by atoms with van der Waals surface area (Å²) in [6.07, 6.45) is 0. The molecule has 4 heteroatoms. The Balaban J connectivity index is 3.03. The molecule has 102 valence electrons. The van der Waals surface area contributed by atoms with Gasteiger partial charge in [0.25, 0.3) is 0 Å². The normalized spacial score (nSPS) is 14.9. The summed E-state index contributed by atoms with van der Waals surface area (Å²) in [6.45, 7) is 13.2. The summed E-state index contributed by atoms with van der Waals surface area (Å²) in [5.41, 5.74) is 6.73. The smallest absolute Gasteiger partial charge is 0.133 e. The van der Waals surface area contributed by atoms with Crippen LogP contribution in [0.5, 0.6) is 0 Å². The predicted molar refractivity (Wildman–Crippen MR) is 76.8 cm³/mol. The van der Waals surface area contributed by atoms with Crippen molar-refractivity contribution >= 4 is 5.82 Å². The molecule has 1 aromatic rings. The summed E-state index contributed by atoms with van der Waals surface area (Å²) in [5.74, 6) is 2.50. The van der Waals surface area contributed by atoms with E-state index in [1.807, 2.05) is 13.0 Å². The fraction of sp³-hybridized carbons (Fsp3) is 0.714. The van der Waals surface area contributed by atoms with Gasteiger partial charge in [0.1, 0.15) is 11.6 Å². The minimum atomic E-state index is -0.144. The van der Waals surface area contributed by atoms with Gasteiger partial charge >= 0.3 is 0 Å². The largest absolute Gasteiger partial charge is 0.363 e. The molecule has 0 radical (unpaired) electrons. The quantitative estimate of drug-likeness (QED) is 0.843. The fourth-order valence-corrected chi connectivity index (χ4v) is 1.64. The number of hydrogen-bond acceptors (Lipinski definition) is 4. The van der Waals surface area contributed by atoms with Gasteiger partial charge in [0.2, 0.25) is 0 Å². The number of hydrogen-bond donors (Lipinski definition) is 2. The van der Waals surface area contributed by atoms with Crippen molar-refractivity contribution in [2.45, 2.75) is 53.0 Å². The lowest BCUT2D eigenvalue weighted by Crippen LogP contribution is -2.47. The lowest BCUT2D eigenvalue weighted by atomic mass is 9.88. The zero-order chi connectivity index (χ0) is 13.9. The van der Waals surface area contributed by atoms with Gasteiger partial charge in [0.15, 0.2) is 0 Å². The summed E-state index contributed by atoms with van der Waals surface area (Å²) >= 11 is 0. The molecular formula is C14H26N4. The van der Waals surface area contributed by atoms with Crippen LogP contribution in [0.2, 0.25) is 0 Å². The molecule has 0 aliphatic carbocycles. The van der Waals surface area contributed by atoms with Crippen LogP contribution in [0, 0.1) is 12.8 Å². The van der Waals surface area contributed by atoms with Crippen LogP contribution >= 0.6 is 0 Å². The third-order valence-electron chi connectivity index (χ3n) is 3.50. The Labute approximate surface area is 110 Å². The van der Waals surface area contributed by atoms with Crippen LogP contribution < -0.4 is 11.1 Å². The number of aromatic nitrogens is 2. The van der Waals surface area contributed by atoms with E-state index < -0.39 is 0 Å². The van der Waals surface area contributed by atoms with E-state index in [4.69, 9.17) is 5.73 Å². The molecule has 0 aliphatic rings. The van der Waals surface area contributed by atoms with Crippen LogP contribution in [0.25, 0.3) is 0 Å². The molecule has 1 unspecified atom stereocenters. The molecule has 0 aromatic carbocycles. The highest BCUT2D eigenvalue weighted by atomic mass is 15.1. The molecule has 1 aromatic heterocycles. The van der Waals surface area contributed by atoms with Crippen LogP contribution in [0.15, 0.2) is 6.07 Å². The molecule has 0 saturated heterocycles. The first kappa shape index (κ1) is 14.9. The second-order valence-corrected chi connectivity index (χ2v) is 5.81. The van der Waals surface area contributed by atoms with Crippen LogP contribution in [-0.2, 0) is 0 Å². The van der Waals surface area contributed by atoms with Crippen molar-refractivity contribution in [3.63, 3.8) is 0 Å². The number of nitrogens with one attached hydrogen (secondary N) is 1. The number of nitrogens with two attached hydrogens (primary N) is 1. The van der Waals surface area contributed by atoms with Gasteiger partial charge in [0.05, 0.1) is 5.54 Å². The number of aryl methyl sites for hydroxylation is 1. The van der Waals surface area contributed by atoms with E-state index in [0.29, 0.717) is 18.4 Å². The fourth-order valence-electron chi connectivity index (χ4n) is 1.64. The highest BCUT2D eigenvalue weighted by Crippen LogP contribution is 2.22. The third kappa shape index (κ3) is 3.42. The molecular weight excluding hydrogens is 224 g/mol. The van der Waals surface area contributed by atoms with E-state index in [2.05, 4.69) is 49.9 Å². The molecule has 1 atom stereocenters. The van der Waals surface area contributed by atoms with E-state index in [1.54, 1.807) is 0 Å². The van der Waals surface area contributed by atoms with Gasteiger partial charge in [-0.05, 0) is 19.8 Å². The Morgan fingerprint density at radius 2 is 1.89 bits per heavy atom. The van der Waals surface area contributed by atoms with Crippen molar-refractivity contribution in [3.8, 4) is 0 Å². The van der Waals surface area contributed by atoms with Crippen molar-refractivity contribution in [2.24, 2.45) is 11.7 Å². The van der Waals surface area contributed by atoms with Gasteiger partial charge in [-0.3, -0.25) is 0 Å². The molecule has 0 amide bonds. The molecule has 3 N–H and O–H groups in total. The molecule has 0 fully saturated rings. The SMILES string of the molecule is Cc1cc(NC(C)(CN)C(C)C)nc(C(C)C)n1. The first-order chi connectivity index (χ1) is 8.28. The van der Waals surface area contributed by atoms with Crippen LogP contribution in [0.3, 0.4) is 0 Å². The molecule has 0 aliphatic heterocycles. The Morgan fingerprint density at radius 3 is 2.33 bits per heavy atom. The molecule has 1 heterocycles. The van der Waals surface area contributed by atoms with Crippen LogP contribution in [0.1, 0.15) is 52.1 Å². The van der Waals surface area contributed by atoms with Crippen molar-refractivity contribution < 1.29 is 0 Å². The van der Waals surface area contributed by atoms with Crippen molar-refractivity contribution in [2.75, 3.05) is 11.9 Å². The third-order valence-corrected chi connectivity index (χ3v) is 3.50. The zero-order valence-electron chi connectivity index (χ0n) is 12.4. The van der Waals surface area contributed by atoms with Crippen LogP contribution in [0.4, 0.5) is 5.82 Å². The van der Waals surface area contributed by atoms with E-state index in [0.717, 1.165) is 17.3 Å². The minimum Gasteiger partial charge on any atom is -0.363 e. The molecule has 4 nitrogen and oxygen atoms in total. The molecule has 1 rings (SSSR count). The standard InChI is InChI=1S/C14H26N4/c1-9(2)13-16-11(5)7-12(17-13)18-14(6,8-15)10(3)4/h7,9-10H,8,15H2,1-6H3,(H,16,17,18). The molecule has 0 bridgehead atoms. The Hall–Kier alpha value is -1.16. The van der Waals surface area contributed by atoms with Gasteiger partial charge < -0.3 is 11.1 Å². The summed E-state index contributed by atoms with van der Waals surface area (Å²) in [4.78, 5) is 9.02. The summed E-state index contributed by atoms with van der Waals surface area (Å²) in [6, 6.07) is 1.97. The van der Waals surface area contributed by atoms with Crippen molar-refractivity contribution in [3.05, 3.63) is 17.6 Å². The first-order valence-corrected chi connectivity index (χ1v) is 6.62. The van der Waals surface area contributed by atoms with Gasteiger partial charge in [-0.2, -0.15) is 0 Å². The number of rotatable bonds is 5. The topological polar surface area (TPSA) is 63.8 Å². The van der Waals surface area contributed by atoms with Crippen molar-refractivity contribution in [1.29, 1.82) is 0 Å². The molecule has 0 spiro atoms. The highest BCUT2D eigenvalue weighted by Gasteiger charge is 2.27. The maximum atomic E-state index is 5.89. The Kier molecular flexibility index (Phi) is 4.68. The summed E-state index contributed by atoms with van der Waals surface area (Å²) in [7, 11) is 0. The second kappa shape index (κ2) is 5.65. The molecule has 18 heavy (non-hydrogen) atoms. The zero-order valence-corrected chi connectivity index (χ0v) is 12.4. The van der Waals surface area contributed by atoms with E-state index in [1.165, 1.54) is 0 Å². The lowest BCUT2D eigenvalue weighted by molar-refractivity contribution is 0.381. The highest BCUT2D eigenvalue weighted by molar-refractivity contribution is 5.39. The minimum absolute atomic E-state index is 0.144. The van der Waals surface area contributed by atoms with Gasteiger partial charge in [0, 0.05) is 24.2 Å². The summed E-state index contributed by atoms with van der Waals surface area (Å²) < 4.78 is 0. The predicted octanol–water partition coefficient (Wildman–Crippen LogP) is 2.69. The van der Waals surface area contributed by atoms with Gasteiger partial charge in [-0.25, -0.2) is 9.97 Å². The van der Waals surface area contributed by atoms with E-state index >= 15 is 0 Å². The van der Waals surface area contributed by atoms with E-state index in [9.17, 15) is 0 Å². The average Bonchev–Trinajstić information content (AvgIpc) is 2.27. The maximum absolute atomic E-state index is 5.89. The second-order valence-electron chi connectivity index (χ2n) is 5.81. The lowest BCUT2D eigenvalue weighted by Gasteiger charge is -2.34. The molecule has 0 saturated carbocycles. The summed E-state index contributed by atoms with van der Waals surface area (Å²) in [5, 5.41) is 3.46. The van der Waals surface area contributed by atoms with E-state index in [-0.39, 0.29) is 5.54 Å². The monoisotopic (exact) mass is 250 g/mol. The van der Waals surface area contributed by atoms with Crippen molar-refractivity contribution in [1.82, 2.24) is 9.97 Å². The average molecular weight is 250 g/mol.